The van der Waals surface area contributed by atoms with Crippen molar-refractivity contribution in [1.82, 2.24) is 4.98 Å². The van der Waals surface area contributed by atoms with Crippen LogP contribution in [0.5, 0.6) is 0 Å². The standard InChI is InChI=1S/C21H21ClF6N2O/c1-11(2)9-12(3)15-10-13(17(20(23,24)25)21(26,27)28)6-7-16(15)30-19(31)14-5-4-8-29-18(14)22/h4-8,10-12,17H,9H2,1-3H3,(H,30,31). The average molecular weight is 467 g/mol. The van der Waals surface area contributed by atoms with Crippen LogP contribution in [0.25, 0.3) is 0 Å². The molecule has 0 fully saturated rings. The molecule has 2 aromatic rings. The van der Waals surface area contributed by atoms with E-state index < -0.39 is 35.7 Å². The second-order valence-electron chi connectivity index (χ2n) is 7.69. The Labute approximate surface area is 180 Å². The van der Waals surface area contributed by atoms with E-state index in [2.05, 4.69) is 10.3 Å². The number of carbonyl (C=O) groups is 1. The van der Waals surface area contributed by atoms with Crippen LogP contribution in [0.3, 0.4) is 0 Å². The molecule has 0 spiro atoms. The number of nitrogens with zero attached hydrogens (tertiary/aromatic N) is 1. The molecule has 3 nitrogen and oxygen atoms in total. The summed E-state index contributed by atoms with van der Waals surface area (Å²) in [5.74, 6) is -4.59. The molecule has 10 heteroatoms. The Kier molecular flexibility index (Phi) is 7.62. The lowest BCUT2D eigenvalue weighted by Crippen LogP contribution is -2.34. The minimum absolute atomic E-state index is 0.0270. The molecule has 1 aromatic carbocycles. The number of anilines is 1. The van der Waals surface area contributed by atoms with Gasteiger partial charge in [0.2, 0.25) is 0 Å². The van der Waals surface area contributed by atoms with Gasteiger partial charge in [-0.2, -0.15) is 26.3 Å². The van der Waals surface area contributed by atoms with Gasteiger partial charge in [-0.1, -0.05) is 44.5 Å². The largest absolute Gasteiger partial charge is 0.404 e. The Morgan fingerprint density at radius 3 is 2.19 bits per heavy atom. The number of halogens is 7. The molecule has 1 atom stereocenters. The van der Waals surface area contributed by atoms with Gasteiger partial charge in [-0.05, 0) is 47.6 Å². The zero-order chi connectivity index (χ0) is 23.6. The molecule has 0 aliphatic carbocycles. The van der Waals surface area contributed by atoms with Gasteiger partial charge in [0.15, 0.2) is 5.92 Å². The molecule has 1 amide bonds. The predicted octanol–water partition coefficient (Wildman–Crippen LogP) is 7.35. The molecule has 0 aliphatic heterocycles. The number of pyridine rings is 1. The van der Waals surface area contributed by atoms with Crippen LogP contribution in [0.4, 0.5) is 32.0 Å². The normalized spacial score (nSPS) is 13.5. The molecule has 0 radical (unpaired) electrons. The molecule has 170 valence electrons. The highest BCUT2D eigenvalue weighted by atomic mass is 35.5. The monoisotopic (exact) mass is 466 g/mol. The molecule has 2 rings (SSSR count). The van der Waals surface area contributed by atoms with E-state index in [0.717, 1.165) is 18.2 Å². The van der Waals surface area contributed by atoms with E-state index in [0.29, 0.717) is 6.42 Å². The van der Waals surface area contributed by atoms with Crippen LogP contribution in [-0.2, 0) is 0 Å². The maximum absolute atomic E-state index is 13.2. The van der Waals surface area contributed by atoms with Crippen molar-refractivity contribution in [2.24, 2.45) is 5.92 Å². The molecule has 1 heterocycles. The van der Waals surface area contributed by atoms with E-state index in [4.69, 9.17) is 11.6 Å². The summed E-state index contributed by atoms with van der Waals surface area (Å²) < 4.78 is 79.3. The summed E-state index contributed by atoms with van der Waals surface area (Å²) in [4.78, 5) is 16.4. The summed E-state index contributed by atoms with van der Waals surface area (Å²) in [5.41, 5.74) is -0.606. The summed E-state index contributed by atoms with van der Waals surface area (Å²) >= 11 is 5.90. The molecule has 31 heavy (non-hydrogen) atoms. The van der Waals surface area contributed by atoms with Crippen molar-refractivity contribution in [1.29, 1.82) is 0 Å². The van der Waals surface area contributed by atoms with Crippen LogP contribution < -0.4 is 5.32 Å². The Balaban J connectivity index is 2.53. The van der Waals surface area contributed by atoms with Crippen molar-refractivity contribution in [2.75, 3.05) is 5.32 Å². The Morgan fingerprint density at radius 2 is 1.68 bits per heavy atom. The van der Waals surface area contributed by atoms with E-state index in [9.17, 15) is 31.1 Å². The van der Waals surface area contributed by atoms with Gasteiger partial charge in [0, 0.05) is 11.9 Å². The van der Waals surface area contributed by atoms with E-state index in [1.54, 1.807) is 6.92 Å². The van der Waals surface area contributed by atoms with Gasteiger partial charge >= 0.3 is 12.4 Å². The third kappa shape index (κ3) is 6.35. The molecule has 0 saturated carbocycles. The second-order valence-corrected chi connectivity index (χ2v) is 8.05. The van der Waals surface area contributed by atoms with E-state index in [-0.39, 0.29) is 27.9 Å². The SMILES string of the molecule is CC(C)CC(C)c1cc(C(C(F)(F)F)C(F)(F)F)ccc1NC(=O)c1cccnc1Cl. The van der Waals surface area contributed by atoms with Gasteiger partial charge in [0.1, 0.15) is 5.15 Å². The fraction of sp³-hybridized carbons (Fsp3) is 0.429. The lowest BCUT2D eigenvalue weighted by Gasteiger charge is -2.26. The minimum Gasteiger partial charge on any atom is -0.322 e. The van der Waals surface area contributed by atoms with Gasteiger partial charge in [0.05, 0.1) is 5.56 Å². The average Bonchev–Trinajstić information content (AvgIpc) is 2.60. The lowest BCUT2D eigenvalue weighted by molar-refractivity contribution is -0.253. The van der Waals surface area contributed by atoms with Crippen LogP contribution in [-0.4, -0.2) is 23.2 Å². The number of aromatic nitrogens is 1. The molecule has 1 aromatic heterocycles. The molecular weight excluding hydrogens is 446 g/mol. The summed E-state index contributed by atoms with van der Waals surface area (Å²) in [6, 6.07) is 5.55. The van der Waals surface area contributed by atoms with Crippen molar-refractivity contribution >= 4 is 23.2 Å². The summed E-state index contributed by atoms with van der Waals surface area (Å²) in [6.07, 6.45) is -9.16. The van der Waals surface area contributed by atoms with Crippen LogP contribution in [0.15, 0.2) is 36.5 Å². The number of alkyl halides is 6. The molecule has 0 aliphatic rings. The molecular formula is C21H21ClF6N2O. The van der Waals surface area contributed by atoms with Gasteiger partial charge in [-0.3, -0.25) is 4.79 Å². The number of rotatable bonds is 6. The van der Waals surface area contributed by atoms with Crippen molar-refractivity contribution < 1.29 is 31.1 Å². The highest BCUT2D eigenvalue weighted by Gasteiger charge is 2.57. The first-order valence-electron chi connectivity index (χ1n) is 9.41. The zero-order valence-corrected chi connectivity index (χ0v) is 17.7. The first-order valence-corrected chi connectivity index (χ1v) is 9.78. The van der Waals surface area contributed by atoms with Gasteiger partial charge in [-0.25, -0.2) is 4.98 Å². The number of hydrogen-bond acceptors (Lipinski definition) is 2. The maximum Gasteiger partial charge on any atom is 0.404 e. The Hall–Kier alpha value is -2.29. The van der Waals surface area contributed by atoms with Crippen molar-refractivity contribution in [3.63, 3.8) is 0 Å². The van der Waals surface area contributed by atoms with Gasteiger partial charge in [0.25, 0.3) is 5.91 Å². The van der Waals surface area contributed by atoms with Crippen LogP contribution in [0.2, 0.25) is 5.15 Å². The smallest absolute Gasteiger partial charge is 0.322 e. The van der Waals surface area contributed by atoms with Crippen molar-refractivity contribution in [2.45, 2.75) is 51.4 Å². The number of hydrogen-bond donors (Lipinski definition) is 1. The van der Waals surface area contributed by atoms with Crippen LogP contribution in [0, 0.1) is 5.92 Å². The fourth-order valence-corrected chi connectivity index (χ4v) is 3.63. The fourth-order valence-electron chi connectivity index (χ4n) is 3.42. The van der Waals surface area contributed by atoms with Crippen molar-refractivity contribution in [3.8, 4) is 0 Å². The summed E-state index contributed by atoms with van der Waals surface area (Å²) in [7, 11) is 0. The van der Waals surface area contributed by atoms with Crippen molar-refractivity contribution in [3.05, 3.63) is 58.4 Å². The predicted molar refractivity (Wildman–Crippen MR) is 106 cm³/mol. The molecule has 0 bridgehead atoms. The van der Waals surface area contributed by atoms with E-state index in [1.165, 1.54) is 18.3 Å². The van der Waals surface area contributed by atoms with Gasteiger partial charge < -0.3 is 5.32 Å². The number of benzene rings is 1. The summed E-state index contributed by atoms with van der Waals surface area (Å²) in [5, 5.41) is 2.46. The minimum atomic E-state index is -5.51. The second kappa shape index (κ2) is 9.46. The highest BCUT2D eigenvalue weighted by molar-refractivity contribution is 6.33. The molecule has 0 saturated heterocycles. The number of amides is 1. The first-order chi connectivity index (χ1) is 14.2. The highest BCUT2D eigenvalue weighted by Crippen LogP contribution is 2.47. The number of carbonyl (C=O) groups excluding carboxylic acids is 1. The quantitative estimate of drug-likeness (QED) is 0.357. The third-order valence-electron chi connectivity index (χ3n) is 4.67. The Bertz CT molecular complexity index is 913. The van der Waals surface area contributed by atoms with Gasteiger partial charge in [-0.15, -0.1) is 0 Å². The molecule has 1 N–H and O–H groups in total. The van der Waals surface area contributed by atoms with Crippen LogP contribution in [0.1, 0.15) is 60.5 Å². The van der Waals surface area contributed by atoms with E-state index >= 15 is 0 Å². The summed E-state index contributed by atoms with van der Waals surface area (Å²) in [6.45, 7) is 5.44. The third-order valence-corrected chi connectivity index (χ3v) is 4.97. The van der Waals surface area contributed by atoms with E-state index in [1.807, 2.05) is 13.8 Å². The zero-order valence-electron chi connectivity index (χ0n) is 16.9. The van der Waals surface area contributed by atoms with Crippen LogP contribution >= 0.6 is 11.6 Å². The Morgan fingerprint density at radius 1 is 1.06 bits per heavy atom. The topological polar surface area (TPSA) is 42.0 Å². The molecule has 1 unspecified atom stereocenters. The number of nitrogens with one attached hydrogen (secondary N) is 1. The maximum atomic E-state index is 13.2. The first kappa shape index (κ1) is 25.0. The lowest BCUT2D eigenvalue weighted by atomic mass is 9.87.